The number of imide groups is 1. The van der Waals surface area contributed by atoms with Gasteiger partial charge in [0.25, 0.3) is 11.6 Å². The molecule has 0 spiro atoms. The van der Waals surface area contributed by atoms with Gasteiger partial charge in [0.1, 0.15) is 12.0 Å². The van der Waals surface area contributed by atoms with E-state index < -0.39 is 34.8 Å². The molecule has 2 fully saturated rings. The summed E-state index contributed by atoms with van der Waals surface area (Å²) in [5, 5.41) is 13.2. The standard InChI is InChI=1S/C26H22ClN3O8/c1-35-19-11-10-18(22(36-2)23(19)37-3)21-20-24(38-29(21)16-8-5-9-17(13-16)30(33)34)26(32)28(25(20)31)15-7-4-6-14(27)12-15/h4-13,20-21,24H,1-3H3/t20-,21-,24-/m0/s1. The Hall–Kier alpha value is -4.35. The second-order valence-electron chi connectivity index (χ2n) is 8.51. The lowest BCUT2D eigenvalue weighted by molar-refractivity contribution is -0.384. The number of nitro groups is 1. The maximum absolute atomic E-state index is 13.9. The summed E-state index contributed by atoms with van der Waals surface area (Å²) < 4.78 is 16.6. The first-order valence-corrected chi connectivity index (χ1v) is 11.8. The molecule has 2 aliphatic rings. The number of halogens is 1. The van der Waals surface area contributed by atoms with E-state index in [2.05, 4.69) is 0 Å². The van der Waals surface area contributed by atoms with Crippen molar-refractivity contribution in [1.29, 1.82) is 0 Å². The normalized spacial score (nSPS) is 20.5. The minimum Gasteiger partial charge on any atom is -0.493 e. The highest BCUT2D eigenvalue weighted by Gasteiger charge is 2.61. The summed E-state index contributed by atoms with van der Waals surface area (Å²) in [6.07, 6.45) is -1.21. The van der Waals surface area contributed by atoms with Crippen LogP contribution in [-0.2, 0) is 14.4 Å². The fraction of sp³-hybridized carbons (Fsp3) is 0.231. The molecule has 0 radical (unpaired) electrons. The fourth-order valence-electron chi connectivity index (χ4n) is 4.92. The molecule has 12 heteroatoms. The summed E-state index contributed by atoms with van der Waals surface area (Å²) in [7, 11) is 4.36. The van der Waals surface area contributed by atoms with E-state index in [9.17, 15) is 19.7 Å². The second-order valence-corrected chi connectivity index (χ2v) is 8.95. The topological polar surface area (TPSA) is 121 Å². The molecule has 0 saturated carbocycles. The van der Waals surface area contributed by atoms with Crippen molar-refractivity contribution < 1.29 is 33.6 Å². The van der Waals surface area contributed by atoms with Crippen LogP contribution in [0.1, 0.15) is 11.6 Å². The number of benzene rings is 3. The van der Waals surface area contributed by atoms with Gasteiger partial charge in [-0.2, -0.15) is 0 Å². The summed E-state index contributed by atoms with van der Waals surface area (Å²) >= 11 is 6.12. The van der Waals surface area contributed by atoms with E-state index in [1.807, 2.05) is 0 Å². The zero-order valence-corrected chi connectivity index (χ0v) is 21.2. The number of rotatable bonds is 7. The van der Waals surface area contributed by atoms with Crippen molar-refractivity contribution in [3.05, 3.63) is 81.4 Å². The largest absolute Gasteiger partial charge is 0.493 e. The highest BCUT2D eigenvalue weighted by Crippen LogP contribution is 2.53. The minimum atomic E-state index is -1.21. The van der Waals surface area contributed by atoms with Gasteiger partial charge in [-0.05, 0) is 36.4 Å². The van der Waals surface area contributed by atoms with E-state index in [0.29, 0.717) is 22.0 Å². The lowest BCUT2D eigenvalue weighted by Crippen LogP contribution is -2.37. The molecule has 0 bridgehead atoms. The number of non-ortho nitro benzene ring substituents is 1. The Bertz CT molecular complexity index is 1450. The van der Waals surface area contributed by atoms with Gasteiger partial charge in [-0.25, -0.2) is 9.96 Å². The fourth-order valence-corrected chi connectivity index (χ4v) is 5.11. The Kier molecular flexibility index (Phi) is 6.55. The average Bonchev–Trinajstić information content (AvgIpc) is 3.43. The molecular formula is C26H22ClN3O8. The van der Waals surface area contributed by atoms with Crippen LogP contribution in [0.15, 0.2) is 60.7 Å². The van der Waals surface area contributed by atoms with Crippen LogP contribution < -0.4 is 24.2 Å². The minimum absolute atomic E-state index is 0.181. The maximum atomic E-state index is 13.9. The van der Waals surface area contributed by atoms with E-state index in [1.54, 1.807) is 36.4 Å². The van der Waals surface area contributed by atoms with Gasteiger partial charge in [0.15, 0.2) is 17.6 Å². The molecule has 2 saturated heterocycles. The monoisotopic (exact) mass is 539 g/mol. The number of hydroxylamine groups is 1. The maximum Gasteiger partial charge on any atom is 0.271 e. The number of hydrogen-bond donors (Lipinski definition) is 0. The van der Waals surface area contributed by atoms with Gasteiger partial charge in [-0.3, -0.25) is 24.5 Å². The zero-order chi connectivity index (χ0) is 27.1. The molecule has 196 valence electrons. The third kappa shape index (κ3) is 3.96. The van der Waals surface area contributed by atoms with Crippen molar-refractivity contribution in [2.24, 2.45) is 5.92 Å². The van der Waals surface area contributed by atoms with Gasteiger partial charge in [0.05, 0.1) is 37.6 Å². The highest BCUT2D eigenvalue weighted by molar-refractivity contribution is 6.31. The van der Waals surface area contributed by atoms with Crippen LogP contribution in [0.4, 0.5) is 17.1 Å². The number of nitro benzene ring substituents is 1. The molecule has 3 aromatic rings. The predicted octanol–water partition coefficient (Wildman–Crippen LogP) is 4.33. The van der Waals surface area contributed by atoms with Crippen LogP contribution in [0.25, 0.3) is 0 Å². The third-order valence-electron chi connectivity index (χ3n) is 6.53. The summed E-state index contributed by atoms with van der Waals surface area (Å²) in [5.41, 5.74) is 0.869. The molecule has 5 rings (SSSR count). The van der Waals surface area contributed by atoms with E-state index in [-0.39, 0.29) is 22.9 Å². The van der Waals surface area contributed by atoms with Gasteiger partial charge in [0, 0.05) is 22.7 Å². The first-order chi connectivity index (χ1) is 18.3. The molecule has 0 N–H and O–H groups in total. The predicted molar refractivity (Wildman–Crippen MR) is 137 cm³/mol. The van der Waals surface area contributed by atoms with Gasteiger partial charge in [-0.1, -0.05) is 23.7 Å². The number of nitrogens with zero attached hydrogens (tertiary/aromatic N) is 3. The zero-order valence-electron chi connectivity index (χ0n) is 20.5. The summed E-state index contributed by atoms with van der Waals surface area (Å²) in [6, 6.07) is 14.5. The number of carbonyl (C=O) groups is 2. The molecule has 3 aromatic carbocycles. The Morgan fingerprint density at radius 1 is 0.895 bits per heavy atom. The molecule has 2 amide bonds. The van der Waals surface area contributed by atoms with Gasteiger partial charge in [0.2, 0.25) is 11.7 Å². The Morgan fingerprint density at radius 3 is 2.26 bits per heavy atom. The molecule has 0 aliphatic carbocycles. The van der Waals surface area contributed by atoms with Crippen molar-refractivity contribution >= 4 is 40.5 Å². The van der Waals surface area contributed by atoms with Crippen molar-refractivity contribution in [2.45, 2.75) is 12.1 Å². The molecule has 38 heavy (non-hydrogen) atoms. The third-order valence-corrected chi connectivity index (χ3v) is 6.77. The number of hydrogen-bond acceptors (Lipinski definition) is 9. The molecule has 0 unspecified atom stereocenters. The molecular weight excluding hydrogens is 518 g/mol. The highest BCUT2D eigenvalue weighted by atomic mass is 35.5. The average molecular weight is 540 g/mol. The Morgan fingerprint density at radius 2 is 1.61 bits per heavy atom. The van der Waals surface area contributed by atoms with Crippen molar-refractivity contribution in [3.8, 4) is 17.2 Å². The Balaban J connectivity index is 1.68. The van der Waals surface area contributed by atoms with Crippen molar-refractivity contribution in [2.75, 3.05) is 31.3 Å². The quantitative estimate of drug-likeness (QED) is 0.245. The van der Waals surface area contributed by atoms with E-state index in [4.69, 9.17) is 30.6 Å². The smallest absolute Gasteiger partial charge is 0.271 e. The molecule has 2 aliphatic heterocycles. The number of ether oxygens (including phenoxy) is 3. The van der Waals surface area contributed by atoms with E-state index in [0.717, 1.165) is 4.90 Å². The van der Waals surface area contributed by atoms with Crippen molar-refractivity contribution in [3.63, 3.8) is 0 Å². The van der Waals surface area contributed by atoms with Crippen LogP contribution in [0.3, 0.4) is 0 Å². The Labute approximate surface area is 222 Å². The number of fused-ring (bicyclic) bond motifs is 1. The molecule has 0 aromatic heterocycles. The molecule has 2 heterocycles. The van der Waals surface area contributed by atoms with E-state index in [1.165, 1.54) is 50.7 Å². The summed E-state index contributed by atoms with van der Waals surface area (Å²) in [5.74, 6) is -1.19. The SMILES string of the molecule is COc1ccc([C@H]2[C@@H]3C(=O)N(c4cccc(Cl)c4)C(=O)[C@H]3ON2c2cccc([N+](=O)[O-])c2)c(OC)c1OC. The molecule has 11 nitrogen and oxygen atoms in total. The number of carbonyl (C=O) groups excluding carboxylic acids is 2. The van der Waals surface area contributed by atoms with Crippen LogP contribution in [0.5, 0.6) is 17.2 Å². The lowest BCUT2D eigenvalue weighted by Gasteiger charge is -2.30. The van der Waals surface area contributed by atoms with E-state index >= 15 is 0 Å². The van der Waals surface area contributed by atoms with Crippen LogP contribution in [-0.4, -0.2) is 44.2 Å². The number of amides is 2. The lowest BCUT2D eigenvalue weighted by atomic mass is 9.89. The van der Waals surface area contributed by atoms with Gasteiger partial charge < -0.3 is 14.2 Å². The summed E-state index contributed by atoms with van der Waals surface area (Å²) in [6.45, 7) is 0. The van der Waals surface area contributed by atoms with Gasteiger partial charge in [-0.15, -0.1) is 0 Å². The van der Waals surface area contributed by atoms with Gasteiger partial charge >= 0.3 is 0 Å². The van der Waals surface area contributed by atoms with Crippen molar-refractivity contribution in [1.82, 2.24) is 0 Å². The number of methoxy groups -OCH3 is 3. The van der Waals surface area contributed by atoms with Crippen LogP contribution in [0, 0.1) is 16.0 Å². The first-order valence-electron chi connectivity index (χ1n) is 11.4. The van der Waals surface area contributed by atoms with Crippen LogP contribution in [0.2, 0.25) is 5.02 Å². The molecule has 3 atom stereocenters. The number of anilines is 2. The summed E-state index contributed by atoms with van der Waals surface area (Å²) in [4.78, 5) is 45.5. The van der Waals surface area contributed by atoms with Crippen LogP contribution >= 0.6 is 11.6 Å². The second kappa shape index (κ2) is 9.84. The first kappa shape index (κ1) is 25.3.